The molecular formula is C10H12ClN3O3. The molecule has 1 unspecified atom stereocenters. The van der Waals surface area contributed by atoms with Crippen molar-refractivity contribution in [3.63, 3.8) is 0 Å². The summed E-state index contributed by atoms with van der Waals surface area (Å²) in [5.74, 6) is -1.37. The molecule has 1 atom stereocenters. The molecule has 2 heterocycles. The lowest BCUT2D eigenvalue weighted by Crippen LogP contribution is -2.50. The van der Waals surface area contributed by atoms with Gasteiger partial charge in [-0.05, 0) is 12.5 Å². The number of carboxylic acids is 1. The van der Waals surface area contributed by atoms with Gasteiger partial charge >= 0.3 is 5.97 Å². The Morgan fingerprint density at radius 3 is 2.76 bits per heavy atom. The summed E-state index contributed by atoms with van der Waals surface area (Å²) in [5, 5.41) is 9.39. The number of aliphatic carboxylic acids is 1. The SMILES string of the molecule is NC1(C(=O)O)CCN(C(=O)c2cc(Cl)c[nH]2)C1. The molecule has 0 bridgehead atoms. The number of likely N-dealkylation sites (tertiary alicyclic amines) is 1. The molecular weight excluding hydrogens is 246 g/mol. The molecule has 6 nitrogen and oxygen atoms in total. The number of aromatic nitrogens is 1. The Labute approximate surface area is 102 Å². The maximum Gasteiger partial charge on any atom is 0.325 e. The smallest absolute Gasteiger partial charge is 0.325 e. The number of nitrogens with two attached hydrogens (primary N) is 1. The Hall–Kier alpha value is -1.53. The lowest BCUT2D eigenvalue weighted by Gasteiger charge is -2.19. The molecule has 7 heteroatoms. The Bertz CT molecular complexity index is 473. The van der Waals surface area contributed by atoms with Gasteiger partial charge in [0.05, 0.1) is 5.02 Å². The number of carbonyl (C=O) groups excluding carboxylic acids is 1. The molecule has 1 aliphatic rings. The van der Waals surface area contributed by atoms with Crippen molar-refractivity contribution in [2.45, 2.75) is 12.0 Å². The van der Waals surface area contributed by atoms with E-state index in [1.165, 1.54) is 17.2 Å². The highest BCUT2D eigenvalue weighted by Gasteiger charge is 2.43. The first-order chi connectivity index (χ1) is 7.92. The molecule has 1 aliphatic heterocycles. The first-order valence-corrected chi connectivity index (χ1v) is 5.46. The van der Waals surface area contributed by atoms with Gasteiger partial charge < -0.3 is 20.7 Å². The first-order valence-electron chi connectivity index (χ1n) is 5.08. The molecule has 0 saturated carbocycles. The van der Waals surface area contributed by atoms with Crippen LogP contribution in [0.15, 0.2) is 12.3 Å². The summed E-state index contributed by atoms with van der Waals surface area (Å²) in [4.78, 5) is 27.0. The van der Waals surface area contributed by atoms with Gasteiger partial charge in [0.1, 0.15) is 11.2 Å². The fourth-order valence-electron chi connectivity index (χ4n) is 1.84. The minimum atomic E-state index is -1.34. The predicted octanol–water partition coefficient (Wildman–Crippen LogP) is 0.296. The molecule has 0 aromatic carbocycles. The van der Waals surface area contributed by atoms with E-state index in [1.807, 2.05) is 0 Å². The van der Waals surface area contributed by atoms with Crippen molar-refractivity contribution in [3.05, 3.63) is 23.0 Å². The summed E-state index contributed by atoms with van der Waals surface area (Å²) in [7, 11) is 0. The normalized spacial score (nSPS) is 24.0. The van der Waals surface area contributed by atoms with Gasteiger partial charge in [0.15, 0.2) is 0 Å². The monoisotopic (exact) mass is 257 g/mol. The number of hydrogen-bond donors (Lipinski definition) is 3. The van der Waals surface area contributed by atoms with E-state index in [2.05, 4.69) is 4.98 Å². The molecule has 1 aromatic heterocycles. The third kappa shape index (κ3) is 2.13. The number of halogens is 1. The van der Waals surface area contributed by atoms with Gasteiger partial charge in [-0.3, -0.25) is 9.59 Å². The average Bonchev–Trinajstić information content (AvgIpc) is 2.85. The van der Waals surface area contributed by atoms with Crippen LogP contribution in [0, 0.1) is 0 Å². The molecule has 1 fully saturated rings. The van der Waals surface area contributed by atoms with Crippen LogP contribution in [0.1, 0.15) is 16.9 Å². The second kappa shape index (κ2) is 4.05. The van der Waals surface area contributed by atoms with Crippen LogP contribution in [0.4, 0.5) is 0 Å². The molecule has 1 aromatic rings. The second-order valence-corrected chi connectivity index (χ2v) is 4.61. The number of amides is 1. The predicted molar refractivity (Wildman–Crippen MR) is 60.9 cm³/mol. The molecule has 2 rings (SSSR count). The van der Waals surface area contributed by atoms with Crippen LogP contribution in [0.25, 0.3) is 0 Å². The molecule has 0 radical (unpaired) electrons. The molecule has 0 spiro atoms. The van der Waals surface area contributed by atoms with Gasteiger partial charge in [-0.1, -0.05) is 11.6 Å². The number of rotatable bonds is 2. The first kappa shape index (κ1) is 11.9. The second-order valence-electron chi connectivity index (χ2n) is 4.17. The number of carbonyl (C=O) groups is 2. The number of nitrogens with zero attached hydrogens (tertiary/aromatic N) is 1. The molecule has 17 heavy (non-hydrogen) atoms. The Morgan fingerprint density at radius 2 is 2.29 bits per heavy atom. The Morgan fingerprint density at radius 1 is 1.59 bits per heavy atom. The summed E-state index contributed by atoms with van der Waals surface area (Å²) >= 11 is 5.70. The maximum atomic E-state index is 12.0. The number of aromatic amines is 1. The fourth-order valence-corrected chi connectivity index (χ4v) is 2.01. The number of H-pyrrole nitrogens is 1. The van der Waals surface area contributed by atoms with Gasteiger partial charge in [-0.25, -0.2) is 0 Å². The Kier molecular flexibility index (Phi) is 2.84. The maximum absolute atomic E-state index is 12.0. The number of nitrogens with one attached hydrogen (secondary N) is 1. The van der Waals surface area contributed by atoms with Crippen LogP contribution in [-0.4, -0.2) is 45.5 Å². The highest BCUT2D eigenvalue weighted by atomic mass is 35.5. The molecule has 4 N–H and O–H groups in total. The van der Waals surface area contributed by atoms with Crippen molar-refractivity contribution in [1.82, 2.24) is 9.88 Å². The quantitative estimate of drug-likeness (QED) is 0.709. The van der Waals surface area contributed by atoms with Crippen molar-refractivity contribution in [2.75, 3.05) is 13.1 Å². The van der Waals surface area contributed by atoms with Gasteiger partial charge in [-0.15, -0.1) is 0 Å². The zero-order valence-electron chi connectivity index (χ0n) is 8.94. The van der Waals surface area contributed by atoms with E-state index in [9.17, 15) is 9.59 Å². The van der Waals surface area contributed by atoms with Gasteiger partial charge in [0.2, 0.25) is 0 Å². The van der Waals surface area contributed by atoms with Crippen LogP contribution < -0.4 is 5.73 Å². The lowest BCUT2D eigenvalue weighted by atomic mass is 10.0. The minimum Gasteiger partial charge on any atom is -0.480 e. The molecule has 1 saturated heterocycles. The van der Waals surface area contributed by atoms with E-state index < -0.39 is 11.5 Å². The van der Waals surface area contributed by atoms with Crippen LogP contribution in [0.2, 0.25) is 5.02 Å². The number of hydrogen-bond acceptors (Lipinski definition) is 3. The van der Waals surface area contributed by atoms with E-state index >= 15 is 0 Å². The highest BCUT2D eigenvalue weighted by molar-refractivity contribution is 6.30. The van der Waals surface area contributed by atoms with Gasteiger partial charge in [0.25, 0.3) is 5.91 Å². The van der Waals surface area contributed by atoms with E-state index in [0.717, 1.165) is 0 Å². The summed E-state index contributed by atoms with van der Waals surface area (Å²) in [5.41, 5.74) is 4.68. The summed E-state index contributed by atoms with van der Waals surface area (Å²) < 4.78 is 0. The standard InChI is InChI=1S/C10H12ClN3O3/c11-6-3-7(13-4-6)8(15)14-2-1-10(12,5-14)9(16)17/h3-4,13H,1-2,5,12H2,(H,16,17). The zero-order valence-corrected chi connectivity index (χ0v) is 9.70. The van der Waals surface area contributed by atoms with Crippen molar-refractivity contribution < 1.29 is 14.7 Å². The van der Waals surface area contributed by atoms with Crippen LogP contribution in [-0.2, 0) is 4.79 Å². The van der Waals surface area contributed by atoms with Crippen LogP contribution in [0.5, 0.6) is 0 Å². The topological polar surface area (TPSA) is 99.4 Å². The lowest BCUT2D eigenvalue weighted by molar-refractivity contribution is -0.142. The summed E-state index contributed by atoms with van der Waals surface area (Å²) in [6.45, 7) is 0.343. The molecule has 92 valence electrons. The van der Waals surface area contributed by atoms with E-state index in [0.29, 0.717) is 17.3 Å². The summed E-state index contributed by atoms with van der Waals surface area (Å²) in [6.07, 6.45) is 1.75. The van der Waals surface area contributed by atoms with Crippen LogP contribution in [0.3, 0.4) is 0 Å². The van der Waals surface area contributed by atoms with E-state index in [4.69, 9.17) is 22.4 Å². The van der Waals surface area contributed by atoms with Crippen LogP contribution >= 0.6 is 11.6 Å². The minimum absolute atomic E-state index is 0.0117. The fraction of sp³-hybridized carbons (Fsp3) is 0.400. The highest BCUT2D eigenvalue weighted by Crippen LogP contribution is 2.21. The third-order valence-electron chi connectivity index (χ3n) is 2.89. The van der Waals surface area contributed by atoms with Crippen molar-refractivity contribution >= 4 is 23.5 Å². The Balaban J connectivity index is 2.11. The molecule has 1 amide bonds. The van der Waals surface area contributed by atoms with Crippen molar-refractivity contribution in [2.24, 2.45) is 5.73 Å². The number of carboxylic acid groups (broad SMARTS) is 1. The zero-order chi connectivity index (χ0) is 12.6. The van der Waals surface area contributed by atoms with E-state index in [-0.39, 0.29) is 18.9 Å². The average molecular weight is 258 g/mol. The van der Waals surface area contributed by atoms with Gasteiger partial charge in [-0.2, -0.15) is 0 Å². The largest absolute Gasteiger partial charge is 0.480 e. The molecule has 0 aliphatic carbocycles. The third-order valence-corrected chi connectivity index (χ3v) is 3.11. The van der Waals surface area contributed by atoms with Gasteiger partial charge in [0, 0.05) is 19.3 Å². The van der Waals surface area contributed by atoms with E-state index in [1.54, 1.807) is 0 Å². The van der Waals surface area contributed by atoms with Crippen molar-refractivity contribution in [3.8, 4) is 0 Å². The summed E-state index contributed by atoms with van der Waals surface area (Å²) in [6, 6.07) is 1.50. The van der Waals surface area contributed by atoms with Crippen molar-refractivity contribution in [1.29, 1.82) is 0 Å².